The summed E-state index contributed by atoms with van der Waals surface area (Å²) in [5.41, 5.74) is 0.630. The third-order valence-corrected chi connectivity index (χ3v) is 7.80. The Balaban J connectivity index is 1.41. The summed E-state index contributed by atoms with van der Waals surface area (Å²) in [6.45, 7) is 3.96. The van der Waals surface area contributed by atoms with Crippen molar-refractivity contribution in [1.82, 2.24) is 4.98 Å². The first kappa shape index (κ1) is 17.2. The average molecular weight is 389 g/mol. The van der Waals surface area contributed by atoms with Crippen molar-refractivity contribution in [2.24, 2.45) is 33.9 Å². The fraction of sp³-hybridized carbons (Fsp3) is 0.684. The van der Waals surface area contributed by atoms with Gasteiger partial charge in [0.15, 0.2) is 0 Å². The molecule has 144 valence electrons. The van der Waals surface area contributed by atoms with Crippen molar-refractivity contribution in [3.8, 4) is 0 Å². The Morgan fingerprint density at radius 2 is 1.81 bits per heavy atom. The quantitative estimate of drug-likeness (QED) is 0.604. The van der Waals surface area contributed by atoms with Gasteiger partial charge in [0.2, 0.25) is 5.13 Å². The van der Waals surface area contributed by atoms with Gasteiger partial charge < -0.3 is 14.6 Å². The Morgan fingerprint density at radius 3 is 2.37 bits per heavy atom. The van der Waals surface area contributed by atoms with Crippen LogP contribution in [-0.2, 0) is 20.7 Å². The number of esters is 1. The minimum absolute atomic E-state index is 0.159. The largest absolute Gasteiger partial charge is 0.479 e. The van der Waals surface area contributed by atoms with E-state index in [4.69, 9.17) is 9.47 Å². The Morgan fingerprint density at radius 1 is 1.15 bits per heavy atom. The summed E-state index contributed by atoms with van der Waals surface area (Å²) in [5.74, 6) is -0.410. The number of ether oxygens (including phenoxy) is 2. The lowest BCUT2D eigenvalue weighted by atomic mass is 9.53. The summed E-state index contributed by atoms with van der Waals surface area (Å²) in [7, 11) is 0. The third kappa shape index (κ3) is 2.60. The molecule has 1 aromatic rings. The van der Waals surface area contributed by atoms with Gasteiger partial charge in [-0.1, -0.05) is 18.3 Å². The van der Waals surface area contributed by atoms with Crippen LogP contribution in [0, 0.1) is 30.6 Å². The Hall–Kier alpha value is -1.96. The first-order valence-electron chi connectivity index (χ1n) is 9.72. The number of aromatic nitrogens is 1. The van der Waals surface area contributed by atoms with Gasteiger partial charge in [-0.05, 0) is 57.3 Å². The molecule has 0 unspecified atom stereocenters. The number of carbonyl (C=O) groups excluding carboxylic acids is 1. The van der Waals surface area contributed by atoms with Crippen LogP contribution in [0.2, 0.25) is 0 Å². The van der Waals surface area contributed by atoms with Crippen LogP contribution in [0.1, 0.15) is 49.6 Å². The molecule has 7 nitrogen and oxygen atoms in total. The number of aliphatic hydroxyl groups excluding tert-OH is 1. The van der Waals surface area contributed by atoms with Gasteiger partial charge in [0.05, 0.1) is 5.69 Å². The van der Waals surface area contributed by atoms with Gasteiger partial charge in [-0.25, -0.2) is 9.78 Å². The number of rotatable bonds is 3. The molecule has 2 heterocycles. The minimum Gasteiger partial charge on any atom is -0.479 e. The van der Waals surface area contributed by atoms with Crippen LogP contribution in [0.15, 0.2) is 21.9 Å². The van der Waals surface area contributed by atoms with Crippen LogP contribution < -0.4 is 0 Å². The summed E-state index contributed by atoms with van der Waals surface area (Å²) in [6, 6.07) is 0. The van der Waals surface area contributed by atoms with E-state index >= 15 is 0 Å². The van der Waals surface area contributed by atoms with Gasteiger partial charge in [0, 0.05) is 16.7 Å². The lowest BCUT2D eigenvalue weighted by Crippen LogP contribution is -2.62. The van der Waals surface area contributed by atoms with Gasteiger partial charge in [0.25, 0.3) is 11.5 Å². The van der Waals surface area contributed by atoms with Crippen molar-refractivity contribution >= 4 is 22.4 Å². The monoisotopic (exact) mass is 389 g/mol. The van der Waals surface area contributed by atoms with E-state index in [1.807, 2.05) is 13.8 Å². The number of thiazole rings is 1. The molecule has 4 saturated carbocycles. The average Bonchev–Trinajstić information content (AvgIpc) is 2.98. The predicted molar refractivity (Wildman–Crippen MR) is 97.4 cm³/mol. The van der Waals surface area contributed by atoms with E-state index in [1.54, 1.807) is 0 Å². The highest BCUT2D eigenvalue weighted by Gasteiger charge is 2.64. The summed E-state index contributed by atoms with van der Waals surface area (Å²) in [6.07, 6.45) is 6.16. The van der Waals surface area contributed by atoms with E-state index < -0.39 is 17.7 Å². The van der Waals surface area contributed by atoms with E-state index in [-0.39, 0.29) is 17.5 Å². The molecule has 4 aliphatic carbocycles. The molecule has 1 spiro atoms. The maximum atomic E-state index is 12.7. The first-order valence-corrected chi connectivity index (χ1v) is 10.5. The summed E-state index contributed by atoms with van der Waals surface area (Å²) in [4.78, 5) is 18.1. The topological polar surface area (TPSA) is 93.4 Å². The van der Waals surface area contributed by atoms with Gasteiger partial charge in [-0.2, -0.15) is 0 Å². The molecular formula is C19H23N3O4S. The van der Waals surface area contributed by atoms with Crippen molar-refractivity contribution in [2.45, 2.75) is 58.2 Å². The number of azo groups is 1. The number of hydrogen-bond donors (Lipinski definition) is 1. The van der Waals surface area contributed by atoms with Crippen molar-refractivity contribution in [1.29, 1.82) is 0 Å². The molecule has 0 amide bonds. The van der Waals surface area contributed by atoms with Crippen LogP contribution in [0.25, 0.3) is 0 Å². The van der Waals surface area contributed by atoms with Crippen molar-refractivity contribution in [2.75, 3.05) is 0 Å². The van der Waals surface area contributed by atoms with E-state index in [9.17, 15) is 9.90 Å². The zero-order valence-corrected chi connectivity index (χ0v) is 16.3. The van der Waals surface area contributed by atoms with E-state index in [0.29, 0.717) is 17.0 Å². The van der Waals surface area contributed by atoms with Gasteiger partial charge in [-0.15, -0.1) is 10.2 Å². The normalized spacial score (nSPS) is 37.3. The molecule has 4 bridgehead atoms. The molecule has 1 N–H and O–H groups in total. The lowest BCUT2D eigenvalue weighted by Gasteiger charge is -2.59. The second kappa shape index (κ2) is 6.02. The number of nitrogens with zero attached hydrogens (tertiary/aromatic N) is 3. The zero-order valence-electron chi connectivity index (χ0n) is 15.5. The first-order chi connectivity index (χ1) is 13.0. The number of hydrogen-bond acceptors (Lipinski definition) is 8. The molecule has 8 heteroatoms. The highest BCUT2D eigenvalue weighted by molar-refractivity contribution is 7.15. The molecule has 0 radical (unpaired) electrons. The standard InChI is InChI=1S/C19H23N3O4S/c1-3-14-9(2)20-18(27-14)22-21-15-16(23)25-19(26-17(15)24)12-5-10-4-11(7-12)8-13(19)6-10/h10-13,23H,3-8H2,1-2H3. The van der Waals surface area contributed by atoms with Crippen molar-refractivity contribution in [3.05, 3.63) is 22.2 Å². The minimum atomic E-state index is -1.01. The highest BCUT2D eigenvalue weighted by atomic mass is 32.1. The number of aliphatic hydroxyl groups is 1. The molecule has 0 aromatic carbocycles. The molecule has 0 atom stereocenters. The molecule has 27 heavy (non-hydrogen) atoms. The Kier molecular flexibility index (Phi) is 3.83. The molecule has 6 rings (SSSR count). The molecule has 1 aromatic heterocycles. The van der Waals surface area contributed by atoms with E-state index in [1.165, 1.54) is 17.8 Å². The van der Waals surface area contributed by atoms with Crippen molar-refractivity contribution in [3.63, 3.8) is 0 Å². The second-order valence-electron chi connectivity index (χ2n) is 8.23. The molecular weight excluding hydrogens is 366 g/mol. The van der Waals surface area contributed by atoms with E-state index in [0.717, 1.165) is 42.7 Å². The third-order valence-electron chi connectivity index (χ3n) is 6.62. The van der Waals surface area contributed by atoms with Gasteiger partial charge >= 0.3 is 11.9 Å². The Bertz CT molecular complexity index is 831. The fourth-order valence-corrected chi connectivity index (χ4v) is 6.46. The summed E-state index contributed by atoms with van der Waals surface area (Å²) >= 11 is 1.42. The molecule has 0 saturated heterocycles. The van der Waals surface area contributed by atoms with Crippen LogP contribution in [-0.4, -0.2) is 21.8 Å². The van der Waals surface area contributed by atoms with Crippen molar-refractivity contribution < 1.29 is 19.4 Å². The summed E-state index contributed by atoms with van der Waals surface area (Å²) in [5, 5.41) is 18.8. The summed E-state index contributed by atoms with van der Waals surface area (Å²) < 4.78 is 11.7. The van der Waals surface area contributed by atoms with E-state index in [2.05, 4.69) is 15.2 Å². The van der Waals surface area contributed by atoms with Gasteiger partial charge in [-0.3, -0.25) is 0 Å². The van der Waals surface area contributed by atoms with Crippen LogP contribution in [0.4, 0.5) is 5.13 Å². The maximum absolute atomic E-state index is 12.7. The smallest absolute Gasteiger partial charge is 0.369 e. The van der Waals surface area contributed by atoms with Crippen LogP contribution in [0.3, 0.4) is 0 Å². The number of aryl methyl sites for hydroxylation is 2. The Labute approximate surface area is 161 Å². The predicted octanol–water partition coefficient (Wildman–Crippen LogP) is 4.55. The fourth-order valence-electron chi connectivity index (χ4n) is 5.64. The molecule has 4 fully saturated rings. The zero-order chi connectivity index (χ0) is 18.8. The number of carbonyl (C=O) groups is 1. The second-order valence-corrected chi connectivity index (χ2v) is 9.29. The maximum Gasteiger partial charge on any atom is 0.369 e. The van der Waals surface area contributed by atoms with Crippen LogP contribution >= 0.6 is 11.3 Å². The lowest BCUT2D eigenvalue weighted by molar-refractivity contribution is -0.325. The SMILES string of the molecule is CCc1sc(N=NC2=C(O)OC3(OC2=O)C2CC4CC(C2)CC3C4)nc1C. The molecule has 5 aliphatic rings. The van der Waals surface area contributed by atoms with Crippen LogP contribution in [0.5, 0.6) is 0 Å². The highest BCUT2D eigenvalue weighted by Crippen LogP contribution is 2.61. The van der Waals surface area contributed by atoms with Gasteiger partial charge in [0.1, 0.15) is 0 Å². The molecule has 1 aliphatic heterocycles.